The van der Waals surface area contributed by atoms with Crippen LogP contribution in [0.3, 0.4) is 0 Å². The number of aliphatic carboxylic acids is 1. The van der Waals surface area contributed by atoms with Gasteiger partial charge in [0.1, 0.15) is 12.0 Å². The molecule has 1 aliphatic heterocycles. The highest BCUT2D eigenvalue weighted by molar-refractivity contribution is 6.09. The van der Waals surface area contributed by atoms with E-state index in [-0.39, 0.29) is 37.0 Å². The van der Waals surface area contributed by atoms with Gasteiger partial charge in [-0.25, -0.2) is 14.8 Å². The number of ether oxygens (including phenoxy) is 1. The number of halogens is 6. The number of alkyl halides is 6. The largest absolute Gasteiger partial charge is 0.481 e. The van der Waals surface area contributed by atoms with Crippen LogP contribution in [0.1, 0.15) is 87.5 Å². The quantitative estimate of drug-likeness (QED) is 0.183. The van der Waals surface area contributed by atoms with E-state index in [1.54, 1.807) is 16.8 Å². The molecule has 1 saturated carbocycles. The molecule has 1 amide bonds. The van der Waals surface area contributed by atoms with Crippen molar-refractivity contribution in [2.75, 3.05) is 18.6 Å². The van der Waals surface area contributed by atoms with Crippen LogP contribution in [0.5, 0.6) is 0 Å². The van der Waals surface area contributed by atoms with Crippen LogP contribution in [0, 0.1) is 5.41 Å². The molecule has 0 bridgehead atoms. The Labute approximate surface area is 286 Å². The predicted octanol–water partition coefficient (Wildman–Crippen LogP) is 7.32. The number of carbonyl (C=O) groups excluding carboxylic acids is 1. The van der Waals surface area contributed by atoms with Crippen LogP contribution in [0.4, 0.5) is 37.1 Å². The molecule has 0 radical (unpaired) electrons. The van der Waals surface area contributed by atoms with Crippen LogP contribution in [0.15, 0.2) is 41.8 Å². The number of carbonyl (C=O) groups is 2. The maximum atomic E-state index is 13.8. The van der Waals surface area contributed by atoms with Gasteiger partial charge in [-0.15, -0.1) is 0 Å². The molecule has 3 atom stereocenters. The van der Waals surface area contributed by atoms with Gasteiger partial charge in [-0.1, -0.05) is 26.7 Å². The molecule has 274 valence electrons. The molecule has 16 heteroatoms. The third-order valence-electron chi connectivity index (χ3n) is 9.63. The molecule has 1 unspecified atom stereocenters. The van der Waals surface area contributed by atoms with Crippen LogP contribution in [-0.2, 0) is 28.4 Å². The van der Waals surface area contributed by atoms with Gasteiger partial charge in [0.15, 0.2) is 0 Å². The summed E-state index contributed by atoms with van der Waals surface area (Å²) in [5.74, 6) is -0.957. The number of rotatable bonds is 11. The molecule has 3 N–H and O–H groups in total. The number of likely N-dealkylation sites (tertiary alicyclic amines) is 1. The maximum Gasteiger partial charge on any atom is 0.416 e. The molecule has 50 heavy (non-hydrogen) atoms. The fourth-order valence-corrected chi connectivity index (χ4v) is 6.92. The lowest BCUT2D eigenvalue weighted by molar-refractivity contribution is -0.151. The van der Waals surface area contributed by atoms with Crippen molar-refractivity contribution in [3.63, 3.8) is 0 Å². The zero-order valence-electron chi connectivity index (χ0n) is 28.1. The van der Waals surface area contributed by atoms with E-state index in [1.807, 2.05) is 13.8 Å². The molecule has 2 aliphatic rings. The number of carboxylic acid groups (broad SMARTS) is 1. The molecule has 2 heterocycles. The lowest BCUT2D eigenvalue weighted by atomic mass is 9.87. The van der Waals surface area contributed by atoms with Crippen molar-refractivity contribution in [2.24, 2.45) is 16.1 Å². The number of anilines is 1. The molecule has 2 fully saturated rings. The molecule has 4 rings (SSSR count). The van der Waals surface area contributed by atoms with Gasteiger partial charge in [0.2, 0.25) is 5.95 Å². The summed E-state index contributed by atoms with van der Waals surface area (Å²) in [6, 6.07) is 0.0390. The number of allylic oxidation sites excluding steroid dienone is 1. The second kappa shape index (κ2) is 15.7. The van der Waals surface area contributed by atoms with Gasteiger partial charge in [-0.2, -0.15) is 26.3 Å². The van der Waals surface area contributed by atoms with Crippen LogP contribution >= 0.6 is 0 Å². The molecule has 0 spiro atoms. The number of nitrogens with two attached hydrogens (primary N) is 1. The lowest BCUT2D eigenvalue weighted by Gasteiger charge is -2.47. The fourth-order valence-electron chi connectivity index (χ4n) is 6.92. The smallest absolute Gasteiger partial charge is 0.416 e. The first-order chi connectivity index (χ1) is 23.6. The molecular formula is C34H42F6N6O4. The number of amides is 1. The summed E-state index contributed by atoms with van der Waals surface area (Å²) in [6.45, 7) is 3.04. The minimum absolute atomic E-state index is 0.0555. The maximum absolute atomic E-state index is 13.8. The Morgan fingerprint density at radius 3 is 2.00 bits per heavy atom. The second-order valence-electron chi connectivity index (χ2n) is 12.8. The zero-order valence-corrected chi connectivity index (χ0v) is 28.1. The SMILES string of the molecule is CC[C@@H]1CC(N(Cc2cc(C(F)(F)F)cc(C(F)(F)F)c2)c2ncc(C(C=NC)=CN)cn2)C[C@H](CC)N1C(=O)OCC1(C(=O)O)CCCC1. The third kappa shape index (κ3) is 8.67. The highest BCUT2D eigenvalue weighted by Gasteiger charge is 2.45. The zero-order chi connectivity index (χ0) is 36.9. The van der Waals surface area contributed by atoms with E-state index in [0.717, 1.165) is 12.8 Å². The highest BCUT2D eigenvalue weighted by atomic mass is 19.4. The molecular weight excluding hydrogens is 670 g/mol. The van der Waals surface area contributed by atoms with Gasteiger partial charge in [0.25, 0.3) is 0 Å². The number of aliphatic imine (C=N–C) groups is 1. The van der Waals surface area contributed by atoms with Crippen LogP contribution in [-0.4, -0.2) is 70.0 Å². The minimum atomic E-state index is -5.03. The number of piperidine rings is 1. The highest BCUT2D eigenvalue weighted by Crippen LogP contribution is 2.40. The molecule has 2 aromatic rings. The van der Waals surface area contributed by atoms with E-state index < -0.39 is 65.6 Å². The van der Waals surface area contributed by atoms with Gasteiger partial charge in [0, 0.05) is 67.7 Å². The van der Waals surface area contributed by atoms with Crippen LogP contribution in [0.2, 0.25) is 0 Å². The van der Waals surface area contributed by atoms with E-state index in [2.05, 4.69) is 15.0 Å². The fraction of sp³-hybridized carbons (Fsp3) is 0.559. The Morgan fingerprint density at radius 1 is 1.02 bits per heavy atom. The normalized spacial score (nSPS) is 21.4. The number of benzene rings is 1. The second-order valence-corrected chi connectivity index (χ2v) is 12.8. The molecule has 1 saturated heterocycles. The summed E-state index contributed by atoms with van der Waals surface area (Å²) in [7, 11) is 1.54. The van der Waals surface area contributed by atoms with Crippen molar-refractivity contribution < 1.29 is 45.8 Å². The van der Waals surface area contributed by atoms with Crippen molar-refractivity contribution in [3.05, 3.63) is 59.0 Å². The predicted molar refractivity (Wildman–Crippen MR) is 174 cm³/mol. The van der Waals surface area contributed by atoms with Gasteiger partial charge in [0.05, 0.1) is 11.1 Å². The van der Waals surface area contributed by atoms with Crippen molar-refractivity contribution in [2.45, 2.75) is 102 Å². The first kappa shape index (κ1) is 38.4. The summed E-state index contributed by atoms with van der Waals surface area (Å²) in [6.07, 6.45) is -1.42. The van der Waals surface area contributed by atoms with E-state index in [9.17, 15) is 41.0 Å². The summed E-state index contributed by atoms with van der Waals surface area (Å²) in [5, 5.41) is 9.86. The Morgan fingerprint density at radius 2 is 1.56 bits per heavy atom. The number of hydrogen-bond donors (Lipinski definition) is 2. The standard InChI is InChI=1S/C34H42F6N6O4/c1-4-26-13-28(14-27(5-2)46(26)31(49)50-20-32(29(47)48)8-6-7-9-32)45(30-43-17-23(18-44-30)22(15-41)16-42-3)19-21-10-24(33(35,36)37)12-25(11-21)34(38,39)40/h10-12,15-18,26-28H,4-9,13-14,19-20,41H2,1-3H3,(H,47,48)/t26-,27+,28?. The van der Waals surface area contributed by atoms with Crippen molar-refractivity contribution in [1.29, 1.82) is 0 Å². The van der Waals surface area contributed by atoms with Gasteiger partial charge >= 0.3 is 24.4 Å². The summed E-state index contributed by atoms with van der Waals surface area (Å²) in [4.78, 5) is 41.6. The van der Waals surface area contributed by atoms with Crippen LogP contribution < -0.4 is 10.6 Å². The Kier molecular flexibility index (Phi) is 12.0. The van der Waals surface area contributed by atoms with Gasteiger partial charge in [-0.05, 0) is 62.3 Å². The summed E-state index contributed by atoms with van der Waals surface area (Å²) in [5.41, 5.74) is 2.42. The third-order valence-corrected chi connectivity index (χ3v) is 9.63. The van der Waals surface area contributed by atoms with Crippen LogP contribution in [0.25, 0.3) is 5.57 Å². The first-order valence-electron chi connectivity index (χ1n) is 16.5. The summed E-state index contributed by atoms with van der Waals surface area (Å²) >= 11 is 0. The molecule has 1 aliphatic carbocycles. The molecule has 1 aromatic heterocycles. The van der Waals surface area contributed by atoms with E-state index in [1.165, 1.54) is 24.8 Å². The van der Waals surface area contributed by atoms with Gasteiger partial charge in [-0.3, -0.25) is 9.79 Å². The van der Waals surface area contributed by atoms with Crippen molar-refractivity contribution in [1.82, 2.24) is 14.9 Å². The average Bonchev–Trinajstić information content (AvgIpc) is 3.58. The topological polar surface area (TPSA) is 134 Å². The van der Waals surface area contributed by atoms with E-state index >= 15 is 0 Å². The monoisotopic (exact) mass is 712 g/mol. The minimum Gasteiger partial charge on any atom is -0.481 e. The van der Waals surface area contributed by atoms with E-state index in [4.69, 9.17) is 10.5 Å². The Balaban J connectivity index is 1.71. The number of nitrogens with zero attached hydrogens (tertiary/aromatic N) is 5. The Bertz CT molecular complexity index is 1510. The van der Waals surface area contributed by atoms with Crippen molar-refractivity contribution >= 4 is 29.8 Å². The van der Waals surface area contributed by atoms with Gasteiger partial charge < -0.3 is 25.4 Å². The van der Waals surface area contributed by atoms with E-state index in [0.29, 0.717) is 49.0 Å². The Hall–Kier alpha value is -4.37. The number of carboxylic acids is 1. The first-order valence-corrected chi connectivity index (χ1v) is 16.5. The molecule has 10 nitrogen and oxygen atoms in total. The molecule has 1 aromatic carbocycles. The number of aromatic nitrogens is 2. The van der Waals surface area contributed by atoms with Crippen molar-refractivity contribution in [3.8, 4) is 0 Å². The average molecular weight is 713 g/mol. The lowest BCUT2D eigenvalue weighted by Crippen LogP contribution is -2.57. The summed E-state index contributed by atoms with van der Waals surface area (Å²) < 4.78 is 88.4. The number of hydrogen-bond acceptors (Lipinski definition) is 8.